The molecule has 0 bridgehead atoms. The number of fused-ring (bicyclic) bond motifs is 1. The first-order valence-corrected chi connectivity index (χ1v) is 6.72. The molecule has 96 valence electrons. The molecular formula is C11H14BrN5O. The average molecular weight is 312 g/mol. The largest absolute Gasteiger partial charge is 0.395 e. The third-order valence-electron chi connectivity index (χ3n) is 3.16. The van der Waals surface area contributed by atoms with Crippen molar-refractivity contribution in [1.82, 2.24) is 19.7 Å². The fourth-order valence-corrected chi connectivity index (χ4v) is 2.79. The Kier molecular flexibility index (Phi) is 2.95. The maximum absolute atomic E-state index is 9.20. The number of aliphatic hydroxyl groups excluding tert-OH is 1. The normalized spacial score (nSPS) is 15.3. The molecule has 1 aliphatic rings. The minimum atomic E-state index is 0.125. The van der Waals surface area contributed by atoms with E-state index in [4.69, 9.17) is 0 Å². The molecule has 1 aliphatic carbocycles. The van der Waals surface area contributed by atoms with E-state index >= 15 is 0 Å². The SMILES string of the molecule is Cn1nc(Br)c2c(N(CCO)C3CC3)ncnc21. The van der Waals surface area contributed by atoms with E-state index in [1.807, 2.05) is 7.05 Å². The highest BCUT2D eigenvalue weighted by Gasteiger charge is 2.31. The van der Waals surface area contributed by atoms with E-state index in [0.29, 0.717) is 12.6 Å². The summed E-state index contributed by atoms with van der Waals surface area (Å²) in [6.07, 6.45) is 3.87. The Morgan fingerprint density at radius 2 is 2.28 bits per heavy atom. The Balaban J connectivity index is 2.15. The van der Waals surface area contributed by atoms with Gasteiger partial charge in [-0.1, -0.05) is 0 Å². The van der Waals surface area contributed by atoms with E-state index in [0.717, 1.165) is 34.3 Å². The molecule has 1 saturated carbocycles. The van der Waals surface area contributed by atoms with Gasteiger partial charge in [-0.25, -0.2) is 14.6 Å². The molecule has 0 atom stereocenters. The van der Waals surface area contributed by atoms with Crippen molar-refractivity contribution in [2.45, 2.75) is 18.9 Å². The van der Waals surface area contributed by atoms with Crippen LogP contribution in [0.2, 0.25) is 0 Å². The van der Waals surface area contributed by atoms with Crippen LogP contribution in [0.3, 0.4) is 0 Å². The lowest BCUT2D eigenvalue weighted by Gasteiger charge is -2.22. The van der Waals surface area contributed by atoms with Crippen LogP contribution in [0.25, 0.3) is 11.0 Å². The molecule has 1 N–H and O–H groups in total. The van der Waals surface area contributed by atoms with Crippen molar-refractivity contribution in [3.8, 4) is 0 Å². The smallest absolute Gasteiger partial charge is 0.164 e. The van der Waals surface area contributed by atoms with Crippen molar-refractivity contribution in [3.05, 3.63) is 10.9 Å². The van der Waals surface area contributed by atoms with Crippen molar-refractivity contribution in [3.63, 3.8) is 0 Å². The van der Waals surface area contributed by atoms with Gasteiger partial charge in [0, 0.05) is 19.6 Å². The highest BCUT2D eigenvalue weighted by Crippen LogP contribution is 2.35. The number of aromatic nitrogens is 4. The molecule has 0 spiro atoms. The van der Waals surface area contributed by atoms with Crippen molar-refractivity contribution < 1.29 is 5.11 Å². The average Bonchev–Trinajstić information content (AvgIpc) is 3.15. The Hall–Kier alpha value is -1.21. The number of anilines is 1. The summed E-state index contributed by atoms with van der Waals surface area (Å²) in [4.78, 5) is 10.8. The maximum Gasteiger partial charge on any atom is 0.164 e. The predicted molar refractivity (Wildman–Crippen MR) is 71.5 cm³/mol. The van der Waals surface area contributed by atoms with Crippen molar-refractivity contribution in [2.24, 2.45) is 7.05 Å². The van der Waals surface area contributed by atoms with Gasteiger partial charge in [-0.2, -0.15) is 5.10 Å². The van der Waals surface area contributed by atoms with Crippen LogP contribution in [0.4, 0.5) is 5.82 Å². The summed E-state index contributed by atoms with van der Waals surface area (Å²) in [5, 5.41) is 14.4. The summed E-state index contributed by atoms with van der Waals surface area (Å²) in [5.74, 6) is 0.858. The molecule has 2 aromatic heterocycles. The van der Waals surface area contributed by atoms with E-state index < -0.39 is 0 Å². The minimum Gasteiger partial charge on any atom is -0.395 e. The van der Waals surface area contributed by atoms with Gasteiger partial charge >= 0.3 is 0 Å². The number of rotatable bonds is 4. The molecule has 0 amide bonds. The van der Waals surface area contributed by atoms with Crippen LogP contribution in [0.1, 0.15) is 12.8 Å². The molecule has 0 unspecified atom stereocenters. The lowest BCUT2D eigenvalue weighted by atomic mass is 10.3. The molecule has 0 radical (unpaired) electrons. The number of nitrogens with zero attached hydrogens (tertiary/aromatic N) is 5. The van der Waals surface area contributed by atoms with Crippen LogP contribution in [0.15, 0.2) is 10.9 Å². The third-order valence-corrected chi connectivity index (χ3v) is 3.71. The van der Waals surface area contributed by atoms with Crippen LogP contribution in [0.5, 0.6) is 0 Å². The zero-order chi connectivity index (χ0) is 12.7. The van der Waals surface area contributed by atoms with Crippen LogP contribution in [-0.2, 0) is 7.05 Å². The van der Waals surface area contributed by atoms with Gasteiger partial charge in [0.25, 0.3) is 0 Å². The maximum atomic E-state index is 9.20. The molecule has 2 aromatic rings. The monoisotopic (exact) mass is 311 g/mol. The third kappa shape index (κ3) is 1.87. The van der Waals surface area contributed by atoms with Crippen LogP contribution < -0.4 is 4.90 Å². The Morgan fingerprint density at radius 3 is 2.94 bits per heavy atom. The molecule has 2 heterocycles. The van der Waals surface area contributed by atoms with Crippen molar-refractivity contribution >= 4 is 32.8 Å². The number of hydrogen-bond donors (Lipinski definition) is 1. The Bertz CT molecular complexity index is 580. The van der Waals surface area contributed by atoms with Gasteiger partial charge in [-0.3, -0.25) is 0 Å². The van der Waals surface area contributed by atoms with Crippen LogP contribution >= 0.6 is 15.9 Å². The number of aliphatic hydroxyl groups is 1. The van der Waals surface area contributed by atoms with E-state index in [1.165, 1.54) is 0 Å². The van der Waals surface area contributed by atoms with Crippen LogP contribution in [-0.4, -0.2) is 44.0 Å². The second-order valence-corrected chi connectivity index (χ2v) is 5.21. The molecule has 0 aliphatic heterocycles. The van der Waals surface area contributed by atoms with Gasteiger partial charge in [0.05, 0.1) is 12.0 Å². The zero-order valence-electron chi connectivity index (χ0n) is 10.0. The van der Waals surface area contributed by atoms with Gasteiger partial charge in [0.2, 0.25) is 0 Å². The number of hydrogen-bond acceptors (Lipinski definition) is 5. The van der Waals surface area contributed by atoms with E-state index in [2.05, 4.69) is 35.9 Å². The lowest BCUT2D eigenvalue weighted by Crippen LogP contribution is -2.30. The zero-order valence-corrected chi connectivity index (χ0v) is 11.6. The first-order valence-electron chi connectivity index (χ1n) is 5.93. The molecule has 0 saturated heterocycles. The summed E-state index contributed by atoms with van der Waals surface area (Å²) < 4.78 is 2.48. The summed E-state index contributed by atoms with van der Waals surface area (Å²) in [6, 6.07) is 0.488. The molecule has 7 heteroatoms. The molecular weight excluding hydrogens is 298 g/mol. The van der Waals surface area contributed by atoms with Crippen molar-refractivity contribution in [2.75, 3.05) is 18.1 Å². The fraction of sp³-hybridized carbons (Fsp3) is 0.545. The first-order chi connectivity index (χ1) is 8.72. The Morgan fingerprint density at radius 1 is 1.50 bits per heavy atom. The summed E-state index contributed by atoms with van der Waals surface area (Å²) in [6.45, 7) is 0.720. The molecule has 1 fully saturated rings. The lowest BCUT2D eigenvalue weighted by molar-refractivity contribution is 0.301. The fourth-order valence-electron chi connectivity index (χ4n) is 2.20. The first kappa shape index (κ1) is 11.9. The van der Waals surface area contributed by atoms with Crippen LogP contribution in [0, 0.1) is 0 Å². The van der Waals surface area contributed by atoms with Gasteiger partial charge in [-0.15, -0.1) is 0 Å². The summed E-state index contributed by atoms with van der Waals surface area (Å²) >= 11 is 3.46. The van der Waals surface area contributed by atoms with Gasteiger partial charge in [-0.05, 0) is 28.8 Å². The molecule has 3 rings (SSSR count). The Labute approximate surface area is 113 Å². The summed E-state index contributed by atoms with van der Waals surface area (Å²) in [5.41, 5.74) is 0.801. The minimum absolute atomic E-state index is 0.125. The highest BCUT2D eigenvalue weighted by atomic mass is 79.9. The predicted octanol–water partition coefficient (Wildman–Crippen LogP) is 1.09. The number of halogens is 1. The van der Waals surface area contributed by atoms with E-state index in [1.54, 1.807) is 11.0 Å². The standard InChI is InChI=1S/C11H14BrN5O/c1-16-10-8(9(12)15-16)11(14-6-13-10)17(4-5-18)7-2-3-7/h6-7,18H,2-5H2,1H3. The topological polar surface area (TPSA) is 67.1 Å². The molecule has 18 heavy (non-hydrogen) atoms. The molecule has 0 aromatic carbocycles. The van der Waals surface area contributed by atoms with Gasteiger partial charge in [0.1, 0.15) is 16.7 Å². The van der Waals surface area contributed by atoms with Gasteiger partial charge < -0.3 is 10.0 Å². The highest BCUT2D eigenvalue weighted by molar-refractivity contribution is 9.10. The van der Waals surface area contributed by atoms with E-state index in [9.17, 15) is 5.11 Å². The second-order valence-electron chi connectivity index (χ2n) is 4.46. The number of aryl methyl sites for hydroxylation is 1. The summed E-state index contributed by atoms with van der Waals surface area (Å²) in [7, 11) is 1.86. The molecule has 6 nitrogen and oxygen atoms in total. The van der Waals surface area contributed by atoms with E-state index in [-0.39, 0.29) is 6.61 Å². The van der Waals surface area contributed by atoms with Crippen molar-refractivity contribution in [1.29, 1.82) is 0 Å². The quantitative estimate of drug-likeness (QED) is 0.915. The second kappa shape index (κ2) is 4.47. The van der Waals surface area contributed by atoms with Gasteiger partial charge in [0.15, 0.2) is 5.65 Å².